The number of imidazole rings is 1. The van der Waals surface area contributed by atoms with Gasteiger partial charge in [-0.1, -0.05) is 12.1 Å². The maximum absolute atomic E-state index is 11.9. The van der Waals surface area contributed by atoms with Crippen LogP contribution < -0.4 is 4.72 Å². The Morgan fingerprint density at radius 3 is 2.71 bits per heavy atom. The third-order valence-electron chi connectivity index (χ3n) is 2.23. The highest BCUT2D eigenvalue weighted by atomic mass is 32.2. The fourth-order valence-corrected chi connectivity index (χ4v) is 2.48. The molecule has 0 spiro atoms. The van der Waals surface area contributed by atoms with Crippen LogP contribution in [0.15, 0.2) is 41.8 Å². The van der Waals surface area contributed by atoms with Crippen LogP contribution in [-0.2, 0) is 17.1 Å². The maximum atomic E-state index is 11.9. The van der Waals surface area contributed by atoms with Gasteiger partial charge < -0.3 is 4.57 Å². The third-order valence-corrected chi connectivity index (χ3v) is 3.49. The van der Waals surface area contributed by atoms with Gasteiger partial charge >= 0.3 is 0 Å². The summed E-state index contributed by atoms with van der Waals surface area (Å²) in [4.78, 5) is 3.82. The van der Waals surface area contributed by atoms with E-state index in [1.165, 1.54) is 12.5 Å². The maximum Gasteiger partial charge on any atom is 0.280 e. The summed E-state index contributed by atoms with van der Waals surface area (Å²) in [5.41, 5.74) is 1.53. The average Bonchev–Trinajstić information content (AvgIpc) is 2.65. The monoisotopic (exact) mass is 251 g/mol. The SMILES string of the molecule is Cc1cccc(NS(=O)(=O)c2cn(C)cn2)c1. The van der Waals surface area contributed by atoms with E-state index in [9.17, 15) is 8.42 Å². The van der Waals surface area contributed by atoms with Gasteiger partial charge in [-0.25, -0.2) is 4.98 Å². The molecule has 90 valence electrons. The van der Waals surface area contributed by atoms with Crippen molar-refractivity contribution in [3.8, 4) is 0 Å². The van der Waals surface area contributed by atoms with Gasteiger partial charge in [-0.3, -0.25) is 4.72 Å². The van der Waals surface area contributed by atoms with E-state index in [-0.39, 0.29) is 5.03 Å². The molecule has 17 heavy (non-hydrogen) atoms. The normalized spacial score (nSPS) is 11.4. The Morgan fingerprint density at radius 1 is 1.35 bits per heavy atom. The zero-order valence-electron chi connectivity index (χ0n) is 9.58. The highest BCUT2D eigenvalue weighted by molar-refractivity contribution is 7.92. The van der Waals surface area contributed by atoms with Crippen LogP contribution in [0.4, 0.5) is 5.69 Å². The van der Waals surface area contributed by atoms with Gasteiger partial charge in [0.1, 0.15) is 0 Å². The van der Waals surface area contributed by atoms with Gasteiger partial charge in [-0.05, 0) is 24.6 Å². The Kier molecular flexibility index (Phi) is 2.89. The number of hydrogen-bond acceptors (Lipinski definition) is 3. The minimum Gasteiger partial charge on any atom is -0.339 e. The summed E-state index contributed by atoms with van der Waals surface area (Å²) >= 11 is 0. The van der Waals surface area contributed by atoms with Crippen molar-refractivity contribution >= 4 is 15.7 Å². The molecule has 0 amide bonds. The molecular formula is C11H13N3O2S. The van der Waals surface area contributed by atoms with E-state index in [1.807, 2.05) is 13.0 Å². The number of hydrogen-bond donors (Lipinski definition) is 1. The van der Waals surface area contributed by atoms with E-state index < -0.39 is 10.0 Å². The zero-order valence-corrected chi connectivity index (χ0v) is 10.4. The van der Waals surface area contributed by atoms with Crippen LogP contribution >= 0.6 is 0 Å². The first-order chi connectivity index (χ1) is 7.97. The number of aryl methyl sites for hydroxylation is 2. The van der Waals surface area contributed by atoms with E-state index in [0.29, 0.717) is 5.69 Å². The van der Waals surface area contributed by atoms with Gasteiger partial charge in [0.15, 0.2) is 5.03 Å². The summed E-state index contributed by atoms with van der Waals surface area (Å²) in [7, 11) is -1.87. The summed E-state index contributed by atoms with van der Waals surface area (Å²) in [5, 5.41) is 0.0153. The van der Waals surface area contributed by atoms with Crippen molar-refractivity contribution in [1.82, 2.24) is 9.55 Å². The molecular weight excluding hydrogens is 238 g/mol. The molecule has 1 aromatic carbocycles. The lowest BCUT2D eigenvalue weighted by Crippen LogP contribution is -2.13. The number of nitrogens with zero attached hydrogens (tertiary/aromatic N) is 2. The van der Waals surface area contributed by atoms with Crippen molar-refractivity contribution in [3.05, 3.63) is 42.4 Å². The van der Waals surface area contributed by atoms with E-state index in [2.05, 4.69) is 9.71 Å². The molecule has 2 aromatic rings. The Balaban J connectivity index is 2.29. The number of nitrogens with one attached hydrogen (secondary N) is 1. The first-order valence-electron chi connectivity index (χ1n) is 5.05. The second kappa shape index (κ2) is 4.21. The van der Waals surface area contributed by atoms with E-state index in [4.69, 9.17) is 0 Å². The highest BCUT2D eigenvalue weighted by Crippen LogP contribution is 2.15. The van der Waals surface area contributed by atoms with Crippen molar-refractivity contribution in [3.63, 3.8) is 0 Å². The average molecular weight is 251 g/mol. The van der Waals surface area contributed by atoms with Crippen LogP contribution in [0.3, 0.4) is 0 Å². The van der Waals surface area contributed by atoms with Gasteiger partial charge in [0.25, 0.3) is 10.0 Å². The van der Waals surface area contributed by atoms with Crippen molar-refractivity contribution in [2.45, 2.75) is 11.9 Å². The minimum atomic E-state index is -3.59. The lowest BCUT2D eigenvalue weighted by atomic mass is 10.2. The first kappa shape index (κ1) is 11.7. The molecule has 0 fully saturated rings. The summed E-state index contributed by atoms with van der Waals surface area (Å²) in [6, 6.07) is 7.16. The molecule has 6 heteroatoms. The van der Waals surface area contributed by atoms with Gasteiger partial charge in [-0.2, -0.15) is 8.42 Å². The Labute approximate surface area is 100 Å². The van der Waals surface area contributed by atoms with Crippen molar-refractivity contribution in [2.24, 2.45) is 7.05 Å². The van der Waals surface area contributed by atoms with Crippen molar-refractivity contribution in [2.75, 3.05) is 4.72 Å². The summed E-state index contributed by atoms with van der Waals surface area (Å²) < 4.78 is 28.0. The smallest absolute Gasteiger partial charge is 0.280 e. The number of rotatable bonds is 3. The van der Waals surface area contributed by atoms with Crippen LogP contribution in [0.25, 0.3) is 0 Å². The van der Waals surface area contributed by atoms with Gasteiger partial charge in [0.2, 0.25) is 0 Å². The second-order valence-electron chi connectivity index (χ2n) is 3.85. The van der Waals surface area contributed by atoms with Crippen molar-refractivity contribution in [1.29, 1.82) is 0 Å². The minimum absolute atomic E-state index is 0.0153. The number of anilines is 1. The van der Waals surface area contributed by atoms with Gasteiger partial charge in [0.05, 0.1) is 6.33 Å². The predicted molar refractivity (Wildman–Crippen MR) is 65.2 cm³/mol. The molecule has 1 heterocycles. The first-order valence-corrected chi connectivity index (χ1v) is 6.53. The third kappa shape index (κ3) is 2.65. The number of sulfonamides is 1. The molecule has 0 aliphatic carbocycles. The molecule has 5 nitrogen and oxygen atoms in total. The molecule has 0 saturated carbocycles. The lowest BCUT2D eigenvalue weighted by molar-refractivity contribution is 0.598. The van der Waals surface area contributed by atoms with Crippen LogP contribution in [0.2, 0.25) is 0 Å². The summed E-state index contributed by atoms with van der Waals surface area (Å²) in [6.45, 7) is 1.90. The molecule has 0 atom stereocenters. The molecule has 0 radical (unpaired) electrons. The fraction of sp³-hybridized carbons (Fsp3) is 0.182. The molecule has 0 unspecified atom stereocenters. The van der Waals surface area contributed by atoms with Crippen LogP contribution in [0.1, 0.15) is 5.56 Å². The number of benzene rings is 1. The second-order valence-corrected chi connectivity index (χ2v) is 5.48. The molecule has 0 bridgehead atoms. The topological polar surface area (TPSA) is 64.0 Å². The molecule has 2 rings (SSSR count). The van der Waals surface area contributed by atoms with Crippen LogP contribution in [0, 0.1) is 6.92 Å². The van der Waals surface area contributed by atoms with Gasteiger partial charge in [0, 0.05) is 18.9 Å². The summed E-state index contributed by atoms with van der Waals surface area (Å²) in [6.07, 6.45) is 2.91. The number of aromatic nitrogens is 2. The van der Waals surface area contributed by atoms with Gasteiger partial charge in [-0.15, -0.1) is 0 Å². The Hall–Kier alpha value is -1.82. The Morgan fingerprint density at radius 2 is 2.12 bits per heavy atom. The largest absolute Gasteiger partial charge is 0.339 e. The zero-order chi connectivity index (χ0) is 12.5. The lowest BCUT2D eigenvalue weighted by Gasteiger charge is -2.05. The predicted octanol–water partition coefficient (Wildman–Crippen LogP) is 1.53. The Bertz CT molecular complexity index is 632. The van der Waals surface area contributed by atoms with E-state index in [0.717, 1.165) is 5.56 Å². The summed E-state index contributed by atoms with van der Waals surface area (Å²) in [5.74, 6) is 0. The van der Waals surface area contributed by atoms with E-state index in [1.54, 1.807) is 29.8 Å². The molecule has 1 N–H and O–H groups in total. The fourth-order valence-electron chi connectivity index (χ4n) is 1.44. The standard InChI is InChI=1S/C11H13N3O2S/c1-9-4-3-5-10(6-9)13-17(15,16)11-7-14(2)8-12-11/h3-8,13H,1-2H3. The molecule has 0 saturated heterocycles. The van der Waals surface area contributed by atoms with E-state index >= 15 is 0 Å². The quantitative estimate of drug-likeness (QED) is 0.899. The van der Waals surface area contributed by atoms with Crippen LogP contribution in [0.5, 0.6) is 0 Å². The highest BCUT2D eigenvalue weighted by Gasteiger charge is 2.16. The molecule has 0 aliphatic heterocycles. The van der Waals surface area contributed by atoms with Crippen LogP contribution in [-0.4, -0.2) is 18.0 Å². The van der Waals surface area contributed by atoms with Crippen molar-refractivity contribution < 1.29 is 8.42 Å². The molecule has 1 aromatic heterocycles. The molecule has 0 aliphatic rings.